The van der Waals surface area contributed by atoms with Crippen LogP contribution in [0.4, 0.5) is 0 Å². The molecule has 9 nitrogen and oxygen atoms in total. The molecule has 5 atom stereocenters. The molecule has 1 fully saturated rings. The fourth-order valence-electron chi connectivity index (χ4n) is 5.90. The van der Waals surface area contributed by atoms with Crippen molar-refractivity contribution in [2.24, 2.45) is 0 Å². The Kier molecular flexibility index (Phi) is 12.9. The average molecular weight is 632 g/mol. The van der Waals surface area contributed by atoms with E-state index in [2.05, 4.69) is 0 Å². The van der Waals surface area contributed by atoms with Crippen LogP contribution in [-0.4, -0.2) is 80.4 Å². The zero-order valence-electron chi connectivity index (χ0n) is 26.8. The third kappa shape index (κ3) is 8.67. The number of amides is 2. The summed E-state index contributed by atoms with van der Waals surface area (Å²) >= 11 is 0. The minimum Gasteiger partial charge on any atom is -0.379 e. The van der Waals surface area contributed by atoms with Crippen LogP contribution in [0, 0.1) is 0 Å². The maximum atomic E-state index is 12.6. The second-order valence-electron chi connectivity index (χ2n) is 11.4. The minimum absolute atomic E-state index is 0.217. The maximum absolute atomic E-state index is 12.6. The van der Waals surface area contributed by atoms with Gasteiger partial charge in [-0.3, -0.25) is 14.5 Å². The lowest BCUT2D eigenvalue weighted by atomic mass is 9.98. The third-order valence-corrected chi connectivity index (χ3v) is 8.18. The number of hydrogen-bond acceptors (Lipinski definition) is 8. The van der Waals surface area contributed by atoms with Crippen LogP contribution in [0.25, 0.3) is 0 Å². The molecule has 0 unspecified atom stereocenters. The molecule has 3 aromatic rings. The van der Waals surface area contributed by atoms with E-state index in [4.69, 9.17) is 28.4 Å². The molecule has 0 N–H and O–H groups in total. The molecule has 0 spiro atoms. The van der Waals surface area contributed by atoms with E-state index in [1.54, 1.807) is 24.3 Å². The lowest BCUT2D eigenvalue weighted by Crippen LogP contribution is -2.61. The van der Waals surface area contributed by atoms with E-state index in [9.17, 15) is 9.59 Å². The van der Waals surface area contributed by atoms with Gasteiger partial charge in [0.2, 0.25) is 0 Å². The molecule has 2 aliphatic rings. The summed E-state index contributed by atoms with van der Waals surface area (Å²) in [5, 5.41) is 0. The molecular weight excluding hydrogens is 586 g/mol. The van der Waals surface area contributed by atoms with Crippen molar-refractivity contribution in [2.75, 3.05) is 33.0 Å². The Morgan fingerprint density at radius 1 is 0.630 bits per heavy atom. The molecule has 0 bridgehead atoms. The number of rotatable bonds is 18. The number of fused-ring (bicyclic) bond motifs is 1. The highest BCUT2D eigenvalue weighted by atomic mass is 16.7. The first-order chi connectivity index (χ1) is 22.6. The normalized spacial score (nSPS) is 22.7. The number of hydrogen-bond donors (Lipinski definition) is 0. The Labute approximate surface area is 271 Å². The van der Waals surface area contributed by atoms with E-state index >= 15 is 0 Å². The van der Waals surface area contributed by atoms with Gasteiger partial charge in [0, 0.05) is 26.4 Å². The molecule has 1 saturated heterocycles. The first-order valence-corrected chi connectivity index (χ1v) is 16.3. The van der Waals surface area contributed by atoms with Crippen LogP contribution < -0.4 is 0 Å². The van der Waals surface area contributed by atoms with Crippen molar-refractivity contribution >= 4 is 11.8 Å². The molecule has 5 rings (SSSR count). The van der Waals surface area contributed by atoms with Gasteiger partial charge in [0.05, 0.1) is 30.9 Å². The van der Waals surface area contributed by atoms with Gasteiger partial charge in [0.15, 0.2) is 6.29 Å². The van der Waals surface area contributed by atoms with Gasteiger partial charge in [0.25, 0.3) is 11.8 Å². The van der Waals surface area contributed by atoms with Gasteiger partial charge in [-0.05, 0) is 56.4 Å². The first kappa shape index (κ1) is 33.9. The van der Waals surface area contributed by atoms with E-state index in [1.807, 2.05) is 74.5 Å². The topological polar surface area (TPSA) is 92.8 Å². The number of carbonyl (C=O) groups excluding carboxylic acids is 2. The Balaban J connectivity index is 1.19. The quantitative estimate of drug-likeness (QED) is 0.128. The van der Waals surface area contributed by atoms with Crippen LogP contribution in [0.15, 0.2) is 84.9 Å². The molecule has 2 amide bonds. The molecule has 0 saturated carbocycles. The Morgan fingerprint density at radius 3 is 1.78 bits per heavy atom. The second-order valence-corrected chi connectivity index (χ2v) is 11.4. The number of ether oxygens (including phenoxy) is 6. The minimum atomic E-state index is -0.643. The van der Waals surface area contributed by atoms with Crippen LogP contribution in [0.5, 0.6) is 0 Å². The van der Waals surface area contributed by atoms with Crippen LogP contribution in [0.1, 0.15) is 65.0 Å². The number of unbranched alkanes of at least 4 members (excludes halogenated alkanes) is 2. The van der Waals surface area contributed by atoms with E-state index in [1.165, 1.54) is 4.90 Å². The predicted molar refractivity (Wildman–Crippen MR) is 172 cm³/mol. The standard InChI is InChI=1S/C37H45NO8/c1-3-42-34-33(45-25-28-18-10-6-11-19-28)32(44-24-27-16-8-5-9-17-27)31(46-37(34)43-4-2)26-41-23-15-7-14-22-38-35(39)29-20-12-13-21-30(29)36(38)40/h5-6,8-13,16-21,31-34,37H,3-4,7,14-15,22-26H2,1-2H3/t31-,32-,33+,34-,37+/m1/s1. The smallest absolute Gasteiger partial charge is 0.261 e. The molecule has 3 aromatic carbocycles. The fourth-order valence-corrected chi connectivity index (χ4v) is 5.90. The molecule has 2 aliphatic heterocycles. The van der Waals surface area contributed by atoms with Crippen molar-refractivity contribution in [2.45, 2.75) is 77.0 Å². The highest BCUT2D eigenvalue weighted by Gasteiger charge is 2.48. The molecule has 46 heavy (non-hydrogen) atoms. The molecule has 0 aliphatic carbocycles. The van der Waals surface area contributed by atoms with Crippen LogP contribution in [0.3, 0.4) is 0 Å². The summed E-state index contributed by atoms with van der Waals surface area (Å²) in [6.45, 7) is 6.74. The summed E-state index contributed by atoms with van der Waals surface area (Å²) in [5.41, 5.74) is 3.06. The van der Waals surface area contributed by atoms with Gasteiger partial charge in [-0.1, -0.05) is 72.8 Å². The largest absolute Gasteiger partial charge is 0.379 e. The lowest BCUT2D eigenvalue weighted by Gasteiger charge is -2.45. The number of imide groups is 1. The molecule has 2 heterocycles. The van der Waals surface area contributed by atoms with E-state index in [0.717, 1.165) is 24.0 Å². The van der Waals surface area contributed by atoms with Gasteiger partial charge >= 0.3 is 0 Å². The van der Waals surface area contributed by atoms with Crippen molar-refractivity contribution in [1.29, 1.82) is 0 Å². The number of nitrogens with zero attached hydrogens (tertiary/aromatic N) is 1. The first-order valence-electron chi connectivity index (χ1n) is 16.3. The summed E-state index contributed by atoms with van der Waals surface area (Å²) in [7, 11) is 0. The molecular formula is C37H45NO8. The van der Waals surface area contributed by atoms with Gasteiger partial charge in [0.1, 0.15) is 24.4 Å². The Hall–Kier alpha value is -3.44. The van der Waals surface area contributed by atoms with Gasteiger partial charge in [-0.2, -0.15) is 0 Å². The zero-order chi connectivity index (χ0) is 32.1. The van der Waals surface area contributed by atoms with Crippen molar-refractivity contribution in [3.05, 3.63) is 107 Å². The lowest BCUT2D eigenvalue weighted by molar-refractivity contribution is -0.325. The van der Waals surface area contributed by atoms with Crippen LogP contribution in [-0.2, 0) is 41.6 Å². The summed E-state index contributed by atoms with van der Waals surface area (Å²) in [6, 6.07) is 27.0. The highest BCUT2D eigenvalue weighted by Crippen LogP contribution is 2.31. The van der Waals surface area contributed by atoms with Gasteiger partial charge < -0.3 is 28.4 Å². The van der Waals surface area contributed by atoms with Gasteiger partial charge in [-0.15, -0.1) is 0 Å². The van der Waals surface area contributed by atoms with Gasteiger partial charge in [-0.25, -0.2) is 0 Å². The zero-order valence-corrected chi connectivity index (χ0v) is 26.8. The molecule has 0 aromatic heterocycles. The summed E-state index contributed by atoms with van der Waals surface area (Å²) in [5.74, 6) is -0.433. The van der Waals surface area contributed by atoms with E-state index < -0.39 is 30.7 Å². The average Bonchev–Trinajstić information content (AvgIpc) is 3.33. The number of benzene rings is 3. The molecule has 246 valence electrons. The molecule has 9 heteroatoms. The predicted octanol–water partition coefficient (Wildman–Crippen LogP) is 5.81. The highest BCUT2D eigenvalue weighted by molar-refractivity contribution is 6.21. The van der Waals surface area contributed by atoms with Crippen molar-refractivity contribution in [3.63, 3.8) is 0 Å². The summed E-state index contributed by atoms with van der Waals surface area (Å²) in [4.78, 5) is 26.6. The Morgan fingerprint density at radius 2 is 1.20 bits per heavy atom. The summed E-state index contributed by atoms with van der Waals surface area (Å²) in [6.07, 6.45) is -0.262. The Bertz CT molecular complexity index is 1340. The second kappa shape index (κ2) is 17.5. The van der Waals surface area contributed by atoms with Crippen molar-refractivity contribution < 1.29 is 38.0 Å². The number of carbonyl (C=O) groups is 2. The monoisotopic (exact) mass is 631 g/mol. The van der Waals surface area contributed by atoms with E-state index in [-0.39, 0.29) is 18.4 Å². The summed E-state index contributed by atoms with van der Waals surface area (Å²) < 4.78 is 37.9. The van der Waals surface area contributed by atoms with Crippen LogP contribution >= 0.6 is 0 Å². The maximum Gasteiger partial charge on any atom is 0.261 e. The SMILES string of the molecule is CCO[C@H]1O[C@H](COCCCCCN2C(=O)c3ccccc3C2=O)[C@@H](OCc2ccccc2)[C@H](OCc2ccccc2)[C@H]1OCC. The fraction of sp³-hybridized carbons (Fsp3) is 0.459. The van der Waals surface area contributed by atoms with Crippen molar-refractivity contribution in [3.8, 4) is 0 Å². The van der Waals surface area contributed by atoms with E-state index in [0.29, 0.717) is 57.1 Å². The van der Waals surface area contributed by atoms with Crippen molar-refractivity contribution in [1.82, 2.24) is 4.90 Å². The van der Waals surface area contributed by atoms with Crippen LogP contribution in [0.2, 0.25) is 0 Å². The third-order valence-electron chi connectivity index (χ3n) is 8.18. The molecule has 0 radical (unpaired) electrons.